The molecule has 1 aromatic carbocycles. The number of hydrogen-bond acceptors (Lipinski definition) is 5. The van der Waals surface area contributed by atoms with Crippen LogP contribution in [0.1, 0.15) is 37.7 Å². The van der Waals surface area contributed by atoms with Crippen LogP contribution < -0.4 is 15.0 Å². The van der Waals surface area contributed by atoms with Gasteiger partial charge < -0.3 is 14.2 Å². The number of hydrogen-bond donors (Lipinski definition) is 1. The minimum absolute atomic E-state index is 0.0787. The molecule has 2 aliphatic heterocycles. The van der Waals surface area contributed by atoms with Crippen molar-refractivity contribution < 1.29 is 27.8 Å². The van der Waals surface area contributed by atoms with Crippen LogP contribution in [0, 0.1) is 11.8 Å². The van der Waals surface area contributed by atoms with E-state index in [1.807, 2.05) is 6.08 Å². The van der Waals surface area contributed by atoms with E-state index in [1.54, 1.807) is 18.2 Å². The number of ether oxygens (including phenoxy) is 3. The molecule has 5 nitrogen and oxygen atoms in total. The summed E-state index contributed by atoms with van der Waals surface area (Å²) in [5, 5.41) is 0. The van der Waals surface area contributed by atoms with Crippen LogP contribution in [0.3, 0.4) is 0 Å². The quantitative estimate of drug-likeness (QED) is 0.841. The van der Waals surface area contributed by atoms with Crippen molar-refractivity contribution in [2.45, 2.75) is 50.4 Å². The van der Waals surface area contributed by atoms with E-state index in [0.717, 1.165) is 30.5 Å². The van der Waals surface area contributed by atoms with Gasteiger partial charge in [-0.3, -0.25) is 10.3 Å². The molecule has 1 spiro atoms. The summed E-state index contributed by atoms with van der Waals surface area (Å²) in [6.07, 6.45) is 7.45. The number of fused-ring (bicyclic) bond motifs is 2. The van der Waals surface area contributed by atoms with Crippen molar-refractivity contribution in [2.75, 3.05) is 13.2 Å². The zero-order chi connectivity index (χ0) is 18.4. The standard InChI is InChI=1S/C20H23F2NO4/c21-19(22)26-16-4-3-13(15-10-20(27-23-15)5-6-24-11-20)9-18(16)25-17-8-12-1-2-14(17)7-12/h3-4,9-10,12,14,17,19,23H,1-2,5-8,11H2. The first-order valence-corrected chi connectivity index (χ1v) is 9.61. The lowest BCUT2D eigenvalue weighted by Crippen LogP contribution is -2.29. The Bertz CT molecular complexity index is 747. The number of hydroxylamine groups is 1. The Morgan fingerprint density at radius 1 is 1.19 bits per heavy atom. The highest BCUT2D eigenvalue weighted by Gasteiger charge is 2.42. The first-order valence-electron chi connectivity index (χ1n) is 9.61. The monoisotopic (exact) mass is 379 g/mol. The lowest BCUT2D eigenvalue weighted by atomic mass is 9.97. The Labute approximate surface area is 156 Å². The van der Waals surface area contributed by atoms with Gasteiger partial charge in [-0.05, 0) is 61.8 Å². The van der Waals surface area contributed by atoms with Crippen LogP contribution in [-0.2, 0) is 9.57 Å². The van der Waals surface area contributed by atoms with Crippen molar-refractivity contribution in [3.63, 3.8) is 0 Å². The summed E-state index contributed by atoms with van der Waals surface area (Å²) >= 11 is 0. The Morgan fingerprint density at radius 3 is 2.81 bits per heavy atom. The Balaban J connectivity index is 1.42. The molecular formula is C20H23F2NO4. The molecule has 2 bridgehead atoms. The molecule has 1 aromatic rings. The normalized spacial score (nSPS) is 34.3. The zero-order valence-corrected chi connectivity index (χ0v) is 15.0. The van der Waals surface area contributed by atoms with Gasteiger partial charge in [-0.1, -0.05) is 0 Å². The van der Waals surface area contributed by atoms with E-state index in [2.05, 4.69) is 5.48 Å². The molecule has 0 aromatic heterocycles. The van der Waals surface area contributed by atoms with Crippen molar-refractivity contribution in [3.8, 4) is 11.5 Å². The van der Waals surface area contributed by atoms with Gasteiger partial charge in [-0.2, -0.15) is 8.78 Å². The second-order valence-electron chi connectivity index (χ2n) is 8.00. The highest BCUT2D eigenvalue weighted by atomic mass is 19.3. The van der Waals surface area contributed by atoms with Crippen molar-refractivity contribution >= 4 is 5.70 Å². The van der Waals surface area contributed by atoms with Crippen LogP contribution >= 0.6 is 0 Å². The van der Waals surface area contributed by atoms with E-state index >= 15 is 0 Å². The van der Waals surface area contributed by atoms with Crippen molar-refractivity contribution in [1.29, 1.82) is 0 Å². The number of benzene rings is 1. The molecule has 4 aliphatic rings. The third-order valence-corrected chi connectivity index (χ3v) is 6.21. The first kappa shape index (κ1) is 17.3. The van der Waals surface area contributed by atoms with Gasteiger partial charge in [-0.15, -0.1) is 0 Å². The summed E-state index contributed by atoms with van der Waals surface area (Å²) in [4.78, 5) is 5.72. The molecule has 4 unspecified atom stereocenters. The third-order valence-electron chi connectivity index (χ3n) is 6.21. The van der Waals surface area contributed by atoms with E-state index < -0.39 is 12.2 Å². The van der Waals surface area contributed by atoms with Gasteiger partial charge >= 0.3 is 6.61 Å². The molecule has 1 saturated heterocycles. The predicted molar refractivity (Wildman–Crippen MR) is 93.3 cm³/mol. The number of alkyl halides is 2. The van der Waals surface area contributed by atoms with Crippen LogP contribution in [0.5, 0.6) is 11.5 Å². The molecule has 146 valence electrons. The topological polar surface area (TPSA) is 49.0 Å². The molecule has 0 radical (unpaired) electrons. The van der Waals surface area contributed by atoms with E-state index in [-0.39, 0.29) is 11.9 Å². The Hall–Kier alpha value is -1.86. The lowest BCUT2D eigenvalue weighted by Gasteiger charge is -2.24. The van der Waals surface area contributed by atoms with Crippen LogP contribution in [-0.4, -0.2) is 31.5 Å². The van der Waals surface area contributed by atoms with Gasteiger partial charge in [0.25, 0.3) is 0 Å². The van der Waals surface area contributed by atoms with Crippen LogP contribution in [0.2, 0.25) is 0 Å². The summed E-state index contributed by atoms with van der Waals surface area (Å²) in [5.41, 5.74) is 4.12. The van der Waals surface area contributed by atoms with E-state index in [0.29, 0.717) is 30.8 Å². The second kappa shape index (κ2) is 6.63. The summed E-state index contributed by atoms with van der Waals surface area (Å²) in [6.45, 7) is -1.72. The minimum atomic E-state index is -2.88. The third kappa shape index (κ3) is 3.27. The molecule has 0 amide bonds. The maximum Gasteiger partial charge on any atom is 0.387 e. The highest BCUT2D eigenvalue weighted by Crippen LogP contribution is 2.47. The molecule has 2 aliphatic carbocycles. The molecule has 5 rings (SSSR count). The van der Waals surface area contributed by atoms with E-state index in [9.17, 15) is 8.78 Å². The fourth-order valence-electron chi connectivity index (χ4n) is 4.83. The fourth-order valence-corrected chi connectivity index (χ4v) is 4.83. The van der Waals surface area contributed by atoms with Crippen LogP contribution in [0.4, 0.5) is 8.78 Å². The Kier molecular flexibility index (Phi) is 4.24. The number of rotatable bonds is 5. The van der Waals surface area contributed by atoms with Gasteiger partial charge in [0.1, 0.15) is 11.7 Å². The van der Waals surface area contributed by atoms with Gasteiger partial charge in [0.2, 0.25) is 0 Å². The molecule has 27 heavy (non-hydrogen) atoms. The average molecular weight is 379 g/mol. The molecular weight excluding hydrogens is 356 g/mol. The van der Waals surface area contributed by atoms with E-state index in [1.165, 1.54) is 12.8 Å². The summed E-state index contributed by atoms with van der Waals surface area (Å²) in [6, 6.07) is 5.05. The van der Waals surface area contributed by atoms with Gasteiger partial charge in [-0.25, -0.2) is 0 Å². The molecule has 7 heteroatoms. The van der Waals surface area contributed by atoms with Crippen molar-refractivity contribution in [2.24, 2.45) is 11.8 Å². The molecule has 4 atom stereocenters. The van der Waals surface area contributed by atoms with Crippen LogP contribution in [0.15, 0.2) is 24.3 Å². The summed E-state index contributed by atoms with van der Waals surface area (Å²) < 4.78 is 42.0. The largest absolute Gasteiger partial charge is 0.486 e. The summed E-state index contributed by atoms with van der Waals surface area (Å²) in [7, 11) is 0. The molecule has 2 saturated carbocycles. The highest BCUT2D eigenvalue weighted by molar-refractivity contribution is 5.68. The van der Waals surface area contributed by atoms with Crippen LogP contribution in [0.25, 0.3) is 5.70 Å². The lowest BCUT2D eigenvalue weighted by molar-refractivity contribution is -0.0524. The molecule has 3 fully saturated rings. The molecule has 2 heterocycles. The number of nitrogens with one attached hydrogen (secondary N) is 1. The second-order valence-corrected chi connectivity index (χ2v) is 8.00. The Morgan fingerprint density at radius 2 is 2.11 bits per heavy atom. The maximum atomic E-state index is 12.8. The van der Waals surface area contributed by atoms with Gasteiger partial charge in [0.05, 0.1) is 12.3 Å². The molecule has 1 N–H and O–H groups in total. The van der Waals surface area contributed by atoms with Crippen molar-refractivity contribution in [3.05, 3.63) is 29.8 Å². The number of halogens is 2. The predicted octanol–water partition coefficient (Wildman–Crippen LogP) is 3.89. The van der Waals surface area contributed by atoms with E-state index in [4.69, 9.17) is 19.0 Å². The minimum Gasteiger partial charge on any atom is -0.486 e. The van der Waals surface area contributed by atoms with Gasteiger partial charge in [0, 0.05) is 18.6 Å². The fraction of sp³-hybridized carbons (Fsp3) is 0.600. The van der Waals surface area contributed by atoms with Crippen molar-refractivity contribution in [1.82, 2.24) is 5.48 Å². The summed E-state index contributed by atoms with van der Waals surface area (Å²) in [5.74, 6) is 1.67. The maximum absolute atomic E-state index is 12.8. The van der Waals surface area contributed by atoms with Gasteiger partial charge in [0.15, 0.2) is 11.5 Å². The average Bonchev–Trinajstić information content (AvgIpc) is 3.43. The first-order chi connectivity index (χ1) is 13.1. The zero-order valence-electron chi connectivity index (χ0n) is 15.0. The SMILES string of the molecule is FC(F)Oc1ccc(C2=CC3(CCOC3)ON2)cc1OC1CC2CCC1C2. The smallest absolute Gasteiger partial charge is 0.387 e.